The summed E-state index contributed by atoms with van der Waals surface area (Å²) >= 11 is 0. The van der Waals surface area contributed by atoms with Gasteiger partial charge < -0.3 is 14.3 Å². The van der Waals surface area contributed by atoms with E-state index in [-0.39, 0.29) is 11.9 Å². The molecule has 0 amide bonds. The molecule has 5 rings (SSSR count). The number of nitrogens with one attached hydrogen (secondary N) is 1. The summed E-state index contributed by atoms with van der Waals surface area (Å²) in [5.74, 6) is 0.567. The molecule has 0 spiro atoms. The molecule has 1 aromatic heterocycles. The van der Waals surface area contributed by atoms with Crippen molar-refractivity contribution in [2.75, 3.05) is 13.1 Å². The van der Waals surface area contributed by atoms with Gasteiger partial charge in [0.05, 0.1) is 5.39 Å². The number of likely N-dealkylation sites (tertiary alicyclic amines) is 1. The molecule has 1 saturated heterocycles. The fourth-order valence-electron chi connectivity index (χ4n) is 7.39. The molecule has 0 bridgehead atoms. The Kier molecular flexibility index (Phi) is 7.73. The second-order valence-electron chi connectivity index (χ2n) is 12.3. The van der Waals surface area contributed by atoms with Gasteiger partial charge in [-0.25, -0.2) is 4.39 Å². The number of aromatic nitrogens is 1. The lowest BCUT2D eigenvalue weighted by molar-refractivity contribution is 0.145. The van der Waals surface area contributed by atoms with E-state index < -0.39 is 8.32 Å². The molecule has 206 valence electrons. The van der Waals surface area contributed by atoms with Crippen LogP contribution in [0, 0.1) is 5.82 Å². The summed E-state index contributed by atoms with van der Waals surface area (Å²) in [5, 5.41) is 9.18. The van der Waals surface area contributed by atoms with Crippen LogP contribution in [0.5, 0.6) is 5.75 Å². The van der Waals surface area contributed by atoms with E-state index in [0.29, 0.717) is 28.2 Å². The van der Waals surface area contributed by atoms with Crippen LogP contribution in [-0.4, -0.2) is 37.5 Å². The summed E-state index contributed by atoms with van der Waals surface area (Å²) in [4.78, 5) is 2.63. The van der Waals surface area contributed by atoms with Gasteiger partial charge in [0.2, 0.25) is 0 Å². The van der Waals surface area contributed by atoms with E-state index >= 15 is 0 Å². The molecule has 2 aromatic carbocycles. The van der Waals surface area contributed by atoms with E-state index in [2.05, 4.69) is 76.0 Å². The molecule has 2 atom stereocenters. The van der Waals surface area contributed by atoms with Gasteiger partial charge >= 0.3 is 0 Å². The number of hydrogen-bond donors (Lipinski definition) is 1. The maximum Gasteiger partial charge on any atom is 0.258 e. The molecule has 2 unspecified atom stereocenters. The van der Waals surface area contributed by atoms with Gasteiger partial charge in [-0.15, -0.1) is 0 Å². The third-order valence-corrected chi connectivity index (χ3v) is 15.2. The minimum absolute atomic E-state index is 0.244. The Hall–Kier alpha value is -2.22. The standard InChI is InChI=1S/C31H44FN3O2Si/c1-19(2)38(20(3)4,21(5)6)37-27-14-13-24-26(18-33-30(24)22(7)35-15-9-8-10-16-35)29(27)31-25-12-11-23(32)17-28(25)36-34-31/h11-14,17,19-22,30,33H,8-10,15-16,18H2,1-7H3. The van der Waals surface area contributed by atoms with Gasteiger partial charge in [-0.05, 0) is 78.8 Å². The van der Waals surface area contributed by atoms with Crippen molar-refractivity contribution in [1.29, 1.82) is 0 Å². The summed E-state index contributed by atoms with van der Waals surface area (Å²) in [6.45, 7) is 19.3. The van der Waals surface area contributed by atoms with Crippen molar-refractivity contribution in [3.05, 3.63) is 47.3 Å². The normalized spacial score (nSPS) is 19.6. The maximum absolute atomic E-state index is 14.0. The summed E-state index contributed by atoms with van der Waals surface area (Å²) in [7, 11) is -2.23. The van der Waals surface area contributed by atoms with Crippen molar-refractivity contribution < 1.29 is 13.3 Å². The molecule has 5 nitrogen and oxygen atoms in total. The summed E-state index contributed by atoms with van der Waals surface area (Å²) in [6.07, 6.45) is 3.88. The molecule has 3 heterocycles. The molecule has 1 fully saturated rings. The quantitative estimate of drug-likeness (QED) is 0.293. The molecule has 38 heavy (non-hydrogen) atoms. The Morgan fingerprint density at radius 2 is 1.66 bits per heavy atom. The fourth-order valence-corrected chi connectivity index (χ4v) is 12.7. The Morgan fingerprint density at radius 1 is 0.974 bits per heavy atom. The van der Waals surface area contributed by atoms with Crippen molar-refractivity contribution in [2.24, 2.45) is 0 Å². The Balaban J connectivity index is 1.66. The number of halogens is 1. The molecule has 1 N–H and O–H groups in total. The SMILES string of the molecule is CC(C1NCc2c1ccc(O[Si](C(C)C)(C(C)C)C(C)C)c2-c1noc2cc(F)ccc12)N1CCCCC1. The second-order valence-corrected chi connectivity index (χ2v) is 17.7. The maximum atomic E-state index is 14.0. The van der Waals surface area contributed by atoms with Crippen LogP contribution >= 0.6 is 0 Å². The zero-order chi connectivity index (χ0) is 27.2. The van der Waals surface area contributed by atoms with E-state index in [1.165, 1.54) is 42.5 Å². The number of rotatable bonds is 8. The largest absolute Gasteiger partial charge is 0.542 e. The highest BCUT2D eigenvalue weighted by atomic mass is 28.4. The number of hydrogen-bond acceptors (Lipinski definition) is 5. The summed E-state index contributed by atoms with van der Waals surface area (Å²) < 4.78 is 27.0. The van der Waals surface area contributed by atoms with E-state index in [1.54, 1.807) is 6.07 Å². The zero-order valence-corrected chi connectivity index (χ0v) is 25.1. The van der Waals surface area contributed by atoms with E-state index in [1.807, 2.05) is 0 Å². The lowest BCUT2D eigenvalue weighted by Crippen LogP contribution is -2.50. The van der Waals surface area contributed by atoms with E-state index in [4.69, 9.17) is 8.95 Å². The lowest BCUT2D eigenvalue weighted by Gasteiger charge is -2.42. The number of fused-ring (bicyclic) bond motifs is 2. The number of piperidine rings is 1. The summed E-state index contributed by atoms with van der Waals surface area (Å²) in [5.41, 5.74) is 6.09. The highest BCUT2D eigenvalue weighted by molar-refractivity contribution is 6.78. The van der Waals surface area contributed by atoms with Gasteiger partial charge in [0.1, 0.15) is 17.3 Å². The van der Waals surface area contributed by atoms with Crippen LogP contribution in [0.3, 0.4) is 0 Å². The van der Waals surface area contributed by atoms with Crippen molar-refractivity contribution >= 4 is 19.3 Å². The van der Waals surface area contributed by atoms with Crippen molar-refractivity contribution in [3.8, 4) is 17.0 Å². The van der Waals surface area contributed by atoms with Crippen LogP contribution in [0.15, 0.2) is 34.9 Å². The third-order valence-electron chi connectivity index (χ3n) is 9.26. The minimum Gasteiger partial charge on any atom is -0.542 e. The average Bonchev–Trinajstić information content (AvgIpc) is 3.50. The van der Waals surface area contributed by atoms with Gasteiger partial charge in [-0.2, -0.15) is 0 Å². The van der Waals surface area contributed by atoms with Crippen molar-refractivity contribution in [3.63, 3.8) is 0 Å². The van der Waals surface area contributed by atoms with E-state index in [0.717, 1.165) is 42.0 Å². The van der Waals surface area contributed by atoms with Gasteiger partial charge in [0.15, 0.2) is 5.58 Å². The Bertz CT molecular complexity index is 1260. The first kappa shape index (κ1) is 27.3. The van der Waals surface area contributed by atoms with Gasteiger partial charge in [0, 0.05) is 30.3 Å². The second kappa shape index (κ2) is 10.7. The first-order valence-corrected chi connectivity index (χ1v) is 16.7. The minimum atomic E-state index is -2.23. The van der Waals surface area contributed by atoms with Gasteiger partial charge in [-0.1, -0.05) is 59.2 Å². The number of benzene rings is 2. The number of nitrogens with zero attached hydrogens (tertiary/aromatic N) is 2. The van der Waals surface area contributed by atoms with E-state index in [9.17, 15) is 4.39 Å². The predicted octanol–water partition coefficient (Wildman–Crippen LogP) is 8.21. The van der Waals surface area contributed by atoms with Crippen molar-refractivity contribution in [2.45, 2.75) is 103 Å². The zero-order valence-electron chi connectivity index (χ0n) is 24.1. The molecular weight excluding hydrogens is 493 g/mol. The highest BCUT2D eigenvalue weighted by Crippen LogP contribution is 2.48. The van der Waals surface area contributed by atoms with Crippen molar-refractivity contribution in [1.82, 2.24) is 15.4 Å². The fraction of sp³-hybridized carbons (Fsp3) is 0.581. The van der Waals surface area contributed by atoms with Crippen LogP contribution in [0.25, 0.3) is 22.2 Å². The average molecular weight is 538 g/mol. The lowest BCUT2D eigenvalue weighted by atomic mass is 9.92. The van der Waals surface area contributed by atoms with Gasteiger partial charge in [0.25, 0.3) is 8.32 Å². The van der Waals surface area contributed by atoms with Gasteiger partial charge in [-0.3, -0.25) is 4.90 Å². The van der Waals surface area contributed by atoms with Crippen LogP contribution in [0.2, 0.25) is 16.6 Å². The van der Waals surface area contributed by atoms with Crippen LogP contribution < -0.4 is 9.74 Å². The molecule has 2 aliphatic rings. The molecule has 3 aromatic rings. The topological polar surface area (TPSA) is 50.5 Å². The molecule has 0 aliphatic carbocycles. The monoisotopic (exact) mass is 537 g/mol. The van der Waals surface area contributed by atoms with Crippen LogP contribution in [0.4, 0.5) is 4.39 Å². The smallest absolute Gasteiger partial charge is 0.258 e. The first-order chi connectivity index (χ1) is 18.1. The first-order valence-electron chi connectivity index (χ1n) is 14.5. The third kappa shape index (κ3) is 4.60. The Labute approximate surface area is 228 Å². The molecule has 0 radical (unpaired) electrons. The Morgan fingerprint density at radius 3 is 2.32 bits per heavy atom. The van der Waals surface area contributed by atoms with Crippen LogP contribution in [-0.2, 0) is 6.54 Å². The predicted molar refractivity (Wildman–Crippen MR) is 156 cm³/mol. The molecular formula is C31H44FN3O2Si. The highest BCUT2D eigenvalue weighted by Gasteiger charge is 2.48. The summed E-state index contributed by atoms with van der Waals surface area (Å²) in [6, 6.07) is 9.79. The molecule has 2 aliphatic heterocycles. The molecule has 7 heteroatoms. The molecule has 0 saturated carbocycles. The van der Waals surface area contributed by atoms with Crippen LogP contribution in [0.1, 0.15) is 84.9 Å².